The lowest BCUT2D eigenvalue weighted by atomic mass is 9.99. The van der Waals surface area contributed by atoms with E-state index >= 15 is 0 Å². The lowest BCUT2D eigenvalue weighted by molar-refractivity contribution is 0.124. The van der Waals surface area contributed by atoms with E-state index in [1.165, 1.54) is 22.4 Å². The standard InChI is InChI=1S/C25H30N2O/c1-19-10-9-11-20(2)24(19)26-17-16-23(25(28)22-14-7-4-8-15-22)27-18-21-12-5-3-6-13-21/h3-15,23,25-28H,16-18H2,1-2H3. The highest BCUT2D eigenvalue weighted by molar-refractivity contribution is 5.56. The molecule has 0 heterocycles. The van der Waals surface area contributed by atoms with Gasteiger partial charge in [-0.1, -0.05) is 78.9 Å². The van der Waals surface area contributed by atoms with Gasteiger partial charge in [0.25, 0.3) is 0 Å². The molecule has 0 aliphatic rings. The summed E-state index contributed by atoms with van der Waals surface area (Å²) in [6.07, 6.45) is 0.265. The zero-order valence-corrected chi connectivity index (χ0v) is 16.7. The minimum absolute atomic E-state index is 0.0422. The van der Waals surface area contributed by atoms with Crippen molar-refractivity contribution in [2.45, 2.75) is 39.0 Å². The number of anilines is 1. The van der Waals surface area contributed by atoms with Crippen LogP contribution in [0.4, 0.5) is 5.69 Å². The molecule has 0 aliphatic heterocycles. The summed E-state index contributed by atoms with van der Waals surface area (Å²) < 4.78 is 0. The smallest absolute Gasteiger partial charge is 0.0943 e. The van der Waals surface area contributed by atoms with Crippen molar-refractivity contribution >= 4 is 5.69 Å². The summed E-state index contributed by atoms with van der Waals surface area (Å²) in [5, 5.41) is 18.1. The Hall–Kier alpha value is -2.62. The summed E-state index contributed by atoms with van der Waals surface area (Å²) in [5.41, 5.74) is 5.85. The number of aryl methyl sites for hydroxylation is 2. The Labute approximate surface area is 168 Å². The molecular weight excluding hydrogens is 344 g/mol. The third-order valence-corrected chi connectivity index (χ3v) is 5.17. The number of para-hydroxylation sites is 1. The maximum atomic E-state index is 11.0. The van der Waals surface area contributed by atoms with Gasteiger partial charge in [-0.25, -0.2) is 0 Å². The molecule has 146 valence electrons. The number of aliphatic hydroxyl groups excluding tert-OH is 1. The Kier molecular flexibility index (Phi) is 7.24. The molecule has 3 nitrogen and oxygen atoms in total. The van der Waals surface area contributed by atoms with Crippen molar-refractivity contribution in [2.24, 2.45) is 0 Å². The zero-order valence-electron chi connectivity index (χ0n) is 16.7. The van der Waals surface area contributed by atoms with Gasteiger partial charge in [0.05, 0.1) is 6.10 Å². The molecule has 0 amide bonds. The van der Waals surface area contributed by atoms with Crippen molar-refractivity contribution in [3.05, 3.63) is 101 Å². The predicted molar refractivity (Wildman–Crippen MR) is 117 cm³/mol. The van der Waals surface area contributed by atoms with Gasteiger partial charge in [0.2, 0.25) is 0 Å². The molecule has 0 bridgehead atoms. The molecule has 3 rings (SSSR count). The average Bonchev–Trinajstić information content (AvgIpc) is 2.73. The molecule has 3 aromatic carbocycles. The van der Waals surface area contributed by atoms with Crippen molar-refractivity contribution in [1.29, 1.82) is 0 Å². The quantitative estimate of drug-likeness (QED) is 0.494. The third kappa shape index (κ3) is 5.44. The summed E-state index contributed by atoms with van der Waals surface area (Å²) in [7, 11) is 0. The molecule has 3 aromatic rings. The van der Waals surface area contributed by atoms with Crippen molar-refractivity contribution in [3.8, 4) is 0 Å². The van der Waals surface area contributed by atoms with Gasteiger partial charge in [0, 0.05) is 24.8 Å². The number of hydrogen-bond donors (Lipinski definition) is 3. The van der Waals surface area contributed by atoms with E-state index in [0.717, 1.165) is 25.1 Å². The van der Waals surface area contributed by atoms with Crippen molar-refractivity contribution in [3.63, 3.8) is 0 Å². The fourth-order valence-electron chi connectivity index (χ4n) is 3.54. The summed E-state index contributed by atoms with van der Waals surface area (Å²) in [6.45, 7) is 5.78. The van der Waals surface area contributed by atoms with Crippen LogP contribution in [-0.2, 0) is 6.54 Å². The van der Waals surface area contributed by atoms with Crippen LogP contribution in [-0.4, -0.2) is 17.7 Å². The minimum Gasteiger partial charge on any atom is -0.387 e. The first-order valence-corrected chi connectivity index (χ1v) is 9.95. The largest absolute Gasteiger partial charge is 0.387 e. The fourth-order valence-corrected chi connectivity index (χ4v) is 3.54. The van der Waals surface area contributed by atoms with E-state index in [1.54, 1.807) is 0 Å². The predicted octanol–water partition coefficient (Wildman–Crippen LogP) is 5.00. The fraction of sp³-hybridized carbons (Fsp3) is 0.280. The Morgan fingerprint density at radius 1 is 0.786 bits per heavy atom. The highest BCUT2D eigenvalue weighted by Gasteiger charge is 2.20. The van der Waals surface area contributed by atoms with E-state index < -0.39 is 6.10 Å². The number of hydrogen-bond acceptors (Lipinski definition) is 3. The number of rotatable bonds is 9. The monoisotopic (exact) mass is 374 g/mol. The van der Waals surface area contributed by atoms with Crippen LogP contribution in [0.1, 0.15) is 34.8 Å². The Bertz CT molecular complexity index is 829. The Morgan fingerprint density at radius 3 is 2.04 bits per heavy atom. The lowest BCUT2D eigenvalue weighted by Crippen LogP contribution is -2.36. The Balaban J connectivity index is 1.66. The van der Waals surface area contributed by atoms with E-state index in [0.29, 0.717) is 0 Å². The van der Waals surface area contributed by atoms with Crippen molar-refractivity contribution in [1.82, 2.24) is 5.32 Å². The molecule has 0 fully saturated rings. The van der Waals surface area contributed by atoms with Gasteiger partial charge in [0.1, 0.15) is 0 Å². The molecule has 28 heavy (non-hydrogen) atoms. The molecular formula is C25H30N2O. The third-order valence-electron chi connectivity index (χ3n) is 5.17. The van der Waals surface area contributed by atoms with Gasteiger partial charge in [-0.3, -0.25) is 0 Å². The van der Waals surface area contributed by atoms with Crippen LogP contribution in [0, 0.1) is 13.8 Å². The lowest BCUT2D eigenvalue weighted by Gasteiger charge is -2.25. The van der Waals surface area contributed by atoms with E-state index in [-0.39, 0.29) is 6.04 Å². The van der Waals surface area contributed by atoms with Crippen LogP contribution >= 0.6 is 0 Å². The van der Waals surface area contributed by atoms with Gasteiger partial charge in [-0.2, -0.15) is 0 Å². The zero-order chi connectivity index (χ0) is 19.8. The second-order valence-corrected chi connectivity index (χ2v) is 7.31. The second kappa shape index (κ2) is 10.1. The molecule has 3 heteroatoms. The van der Waals surface area contributed by atoms with E-state index in [2.05, 4.69) is 54.8 Å². The molecule has 0 radical (unpaired) electrons. The van der Waals surface area contributed by atoms with Gasteiger partial charge in [-0.15, -0.1) is 0 Å². The van der Waals surface area contributed by atoms with Crippen molar-refractivity contribution in [2.75, 3.05) is 11.9 Å². The van der Waals surface area contributed by atoms with Gasteiger partial charge < -0.3 is 15.7 Å². The molecule has 3 N–H and O–H groups in total. The minimum atomic E-state index is -0.551. The van der Waals surface area contributed by atoms with Gasteiger partial charge in [-0.05, 0) is 42.5 Å². The van der Waals surface area contributed by atoms with E-state index in [9.17, 15) is 5.11 Å². The van der Waals surface area contributed by atoms with Gasteiger partial charge >= 0.3 is 0 Å². The average molecular weight is 375 g/mol. The first-order valence-electron chi connectivity index (χ1n) is 9.95. The summed E-state index contributed by atoms with van der Waals surface area (Å²) >= 11 is 0. The molecule has 0 spiro atoms. The Morgan fingerprint density at radius 2 is 1.39 bits per heavy atom. The van der Waals surface area contributed by atoms with E-state index in [4.69, 9.17) is 0 Å². The molecule has 0 saturated heterocycles. The number of nitrogens with one attached hydrogen (secondary N) is 2. The van der Waals surface area contributed by atoms with Crippen LogP contribution in [0.25, 0.3) is 0 Å². The SMILES string of the molecule is Cc1cccc(C)c1NCCC(NCc1ccccc1)C(O)c1ccccc1. The molecule has 2 unspecified atom stereocenters. The number of aliphatic hydroxyl groups is 1. The maximum Gasteiger partial charge on any atom is 0.0943 e. The maximum absolute atomic E-state index is 11.0. The molecule has 0 aromatic heterocycles. The van der Waals surface area contributed by atoms with Crippen LogP contribution < -0.4 is 10.6 Å². The second-order valence-electron chi connectivity index (χ2n) is 7.31. The first-order chi connectivity index (χ1) is 13.6. The van der Waals surface area contributed by atoms with Crippen molar-refractivity contribution < 1.29 is 5.11 Å². The van der Waals surface area contributed by atoms with Crippen LogP contribution in [0.2, 0.25) is 0 Å². The number of benzene rings is 3. The molecule has 0 saturated carbocycles. The van der Waals surface area contributed by atoms with Gasteiger partial charge in [0.15, 0.2) is 0 Å². The highest BCUT2D eigenvalue weighted by atomic mass is 16.3. The normalized spacial score (nSPS) is 13.1. The van der Waals surface area contributed by atoms with Crippen LogP contribution in [0.3, 0.4) is 0 Å². The highest BCUT2D eigenvalue weighted by Crippen LogP contribution is 2.22. The molecule has 0 aliphatic carbocycles. The topological polar surface area (TPSA) is 44.3 Å². The summed E-state index contributed by atoms with van der Waals surface area (Å²) in [5.74, 6) is 0. The summed E-state index contributed by atoms with van der Waals surface area (Å²) in [4.78, 5) is 0. The van der Waals surface area contributed by atoms with Crippen LogP contribution in [0.15, 0.2) is 78.9 Å². The summed E-state index contributed by atoms with van der Waals surface area (Å²) in [6, 6.07) is 26.5. The molecule has 2 atom stereocenters. The first kappa shape index (κ1) is 20.1. The van der Waals surface area contributed by atoms with E-state index in [1.807, 2.05) is 48.5 Å². The van der Waals surface area contributed by atoms with Crippen LogP contribution in [0.5, 0.6) is 0 Å².